The molecule has 116 valence electrons. The van der Waals surface area contributed by atoms with E-state index in [4.69, 9.17) is 0 Å². The maximum atomic E-state index is 12.4. The van der Waals surface area contributed by atoms with E-state index in [0.29, 0.717) is 25.0 Å². The summed E-state index contributed by atoms with van der Waals surface area (Å²) in [4.78, 5) is 0. The molecule has 1 atom stereocenters. The first kappa shape index (κ1) is 14.8. The molecule has 3 aliphatic rings. The highest BCUT2D eigenvalue weighted by molar-refractivity contribution is 7.87. The molecule has 2 saturated carbocycles. The average molecular weight is 301 g/mol. The molecule has 0 aromatic carbocycles. The Bertz CT molecular complexity index is 416. The number of hydrogen-bond donors (Lipinski definition) is 2. The molecule has 1 saturated heterocycles. The molecule has 1 unspecified atom stereocenters. The van der Waals surface area contributed by atoms with Gasteiger partial charge in [0.25, 0.3) is 10.2 Å². The summed E-state index contributed by atoms with van der Waals surface area (Å²) in [6.07, 6.45) is 9.02. The fourth-order valence-corrected chi connectivity index (χ4v) is 4.94. The Morgan fingerprint density at radius 3 is 2.40 bits per heavy atom. The fraction of sp³-hybridized carbons (Fsp3) is 1.00. The fourth-order valence-electron chi connectivity index (χ4n) is 3.36. The van der Waals surface area contributed by atoms with Gasteiger partial charge in [-0.1, -0.05) is 12.8 Å². The van der Waals surface area contributed by atoms with Crippen LogP contribution < -0.4 is 10.0 Å². The van der Waals surface area contributed by atoms with E-state index in [0.717, 1.165) is 45.1 Å². The lowest BCUT2D eigenvalue weighted by molar-refractivity contribution is 0.256. The molecular weight excluding hydrogens is 274 g/mol. The number of nitrogens with one attached hydrogen (secondary N) is 2. The van der Waals surface area contributed by atoms with Crippen molar-refractivity contribution in [2.45, 2.75) is 63.5 Å². The van der Waals surface area contributed by atoms with Gasteiger partial charge in [-0.15, -0.1) is 0 Å². The van der Waals surface area contributed by atoms with Gasteiger partial charge in [0.05, 0.1) is 0 Å². The molecule has 3 rings (SSSR count). The highest BCUT2D eigenvalue weighted by atomic mass is 32.2. The Balaban J connectivity index is 1.51. The van der Waals surface area contributed by atoms with Crippen molar-refractivity contribution < 1.29 is 8.42 Å². The second kappa shape index (κ2) is 6.30. The van der Waals surface area contributed by atoms with Crippen LogP contribution in [0, 0.1) is 5.92 Å². The molecule has 1 aliphatic heterocycles. The molecule has 0 amide bonds. The Hall–Kier alpha value is -0.170. The van der Waals surface area contributed by atoms with Gasteiger partial charge in [-0.25, -0.2) is 0 Å². The molecule has 0 aromatic heterocycles. The van der Waals surface area contributed by atoms with Crippen molar-refractivity contribution in [1.29, 1.82) is 0 Å². The van der Waals surface area contributed by atoms with Crippen molar-refractivity contribution in [3.63, 3.8) is 0 Å². The van der Waals surface area contributed by atoms with Crippen LogP contribution in [0.15, 0.2) is 0 Å². The Kier molecular flexibility index (Phi) is 4.65. The Morgan fingerprint density at radius 2 is 1.70 bits per heavy atom. The highest BCUT2D eigenvalue weighted by Gasteiger charge is 2.32. The lowest BCUT2D eigenvalue weighted by Gasteiger charge is -2.32. The first-order valence-electron chi connectivity index (χ1n) is 8.14. The van der Waals surface area contributed by atoms with Crippen LogP contribution in [0.2, 0.25) is 0 Å². The summed E-state index contributed by atoms with van der Waals surface area (Å²) in [5.41, 5.74) is 0. The van der Waals surface area contributed by atoms with E-state index >= 15 is 0 Å². The van der Waals surface area contributed by atoms with Crippen LogP contribution in [0.25, 0.3) is 0 Å². The summed E-state index contributed by atoms with van der Waals surface area (Å²) in [6.45, 7) is 2.34. The van der Waals surface area contributed by atoms with E-state index < -0.39 is 10.2 Å². The maximum absolute atomic E-state index is 12.4. The molecule has 6 heteroatoms. The van der Waals surface area contributed by atoms with E-state index in [9.17, 15) is 8.42 Å². The maximum Gasteiger partial charge on any atom is 0.279 e. The Labute approximate surface area is 122 Å². The minimum absolute atomic E-state index is 0.171. The lowest BCUT2D eigenvalue weighted by atomic mass is 10.00. The lowest BCUT2D eigenvalue weighted by Crippen LogP contribution is -2.49. The summed E-state index contributed by atoms with van der Waals surface area (Å²) in [6, 6.07) is 0.878. The monoisotopic (exact) mass is 301 g/mol. The van der Waals surface area contributed by atoms with Crippen LogP contribution in [-0.2, 0) is 10.2 Å². The average Bonchev–Trinajstić information content (AvgIpc) is 3.14. The molecular formula is C14H27N3O2S. The molecule has 0 radical (unpaired) electrons. The first-order chi connectivity index (χ1) is 9.63. The van der Waals surface area contributed by atoms with Gasteiger partial charge >= 0.3 is 0 Å². The quantitative estimate of drug-likeness (QED) is 0.775. The zero-order valence-corrected chi connectivity index (χ0v) is 13.0. The summed E-state index contributed by atoms with van der Waals surface area (Å²) < 4.78 is 29.4. The molecule has 0 spiro atoms. The summed E-state index contributed by atoms with van der Waals surface area (Å²) in [5.74, 6) is 0.476. The van der Waals surface area contributed by atoms with Crippen molar-refractivity contribution in [3.8, 4) is 0 Å². The van der Waals surface area contributed by atoms with Crippen molar-refractivity contribution >= 4 is 10.2 Å². The predicted molar refractivity (Wildman–Crippen MR) is 79.6 cm³/mol. The molecule has 2 aliphatic carbocycles. The van der Waals surface area contributed by atoms with Crippen LogP contribution >= 0.6 is 0 Å². The van der Waals surface area contributed by atoms with Gasteiger partial charge in [0.15, 0.2) is 0 Å². The van der Waals surface area contributed by atoms with E-state index in [2.05, 4.69) is 10.0 Å². The van der Waals surface area contributed by atoms with Gasteiger partial charge in [0, 0.05) is 25.2 Å². The minimum Gasteiger partial charge on any atom is -0.314 e. The van der Waals surface area contributed by atoms with Crippen molar-refractivity contribution in [3.05, 3.63) is 0 Å². The second-order valence-corrected chi connectivity index (χ2v) is 8.36. The molecule has 1 heterocycles. The molecule has 20 heavy (non-hydrogen) atoms. The van der Waals surface area contributed by atoms with Gasteiger partial charge < -0.3 is 5.32 Å². The standard InChI is InChI=1S/C14H27N3O2S/c18-20(19,16-14-5-1-2-6-14)17-9-3-4-12(11-17)10-15-13-7-8-13/h12-16H,1-11H2. The molecule has 5 nitrogen and oxygen atoms in total. The summed E-state index contributed by atoms with van der Waals surface area (Å²) >= 11 is 0. The van der Waals surface area contributed by atoms with E-state index in [-0.39, 0.29) is 6.04 Å². The highest BCUT2D eigenvalue weighted by Crippen LogP contribution is 2.23. The normalized spacial score (nSPS) is 29.9. The van der Waals surface area contributed by atoms with Gasteiger partial charge in [-0.05, 0) is 51.0 Å². The number of piperidine rings is 1. The van der Waals surface area contributed by atoms with Crippen molar-refractivity contribution in [2.75, 3.05) is 19.6 Å². The zero-order valence-electron chi connectivity index (χ0n) is 12.2. The third-order valence-corrected chi connectivity index (χ3v) is 6.41. The van der Waals surface area contributed by atoms with Crippen LogP contribution in [-0.4, -0.2) is 44.4 Å². The minimum atomic E-state index is -3.27. The van der Waals surface area contributed by atoms with E-state index in [1.165, 1.54) is 12.8 Å². The third kappa shape index (κ3) is 3.93. The molecule has 2 N–H and O–H groups in total. The van der Waals surface area contributed by atoms with E-state index in [1.807, 2.05) is 0 Å². The van der Waals surface area contributed by atoms with E-state index in [1.54, 1.807) is 4.31 Å². The van der Waals surface area contributed by atoms with Gasteiger partial charge in [0.2, 0.25) is 0 Å². The predicted octanol–water partition coefficient (Wildman–Crippen LogP) is 1.23. The van der Waals surface area contributed by atoms with Crippen LogP contribution in [0.4, 0.5) is 0 Å². The van der Waals surface area contributed by atoms with Crippen LogP contribution in [0.3, 0.4) is 0 Å². The SMILES string of the molecule is O=S(=O)(NC1CCCC1)N1CCCC(CNC2CC2)C1. The zero-order chi connectivity index (χ0) is 14.0. The summed E-state index contributed by atoms with van der Waals surface area (Å²) in [7, 11) is -3.27. The van der Waals surface area contributed by atoms with Crippen LogP contribution in [0.5, 0.6) is 0 Å². The van der Waals surface area contributed by atoms with Crippen molar-refractivity contribution in [2.24, 2.45) is 5.92 Å². The van der Waals surface area contributed by atoms with Gasteiger partial charge in [-0.3, -0.25) is 0 Å². The van der Waals surface area contributed by atoms with Crippen molar-refractivity contribution in [1.82, 2.24) is 14.3 Å². The van der Waals surface area contributed by atoms with Gasteiger partial charge in [0.1, 0.15) is 0 Å². The number of hydrogen-bond acceptors (Lipinski definition) is 3. The molecule has 0 aromatic rings. The largest absolute Gasteiger partial charge is 0.314 e. The first-order valence-corrected chi connectivity index (χ1v) is 9.58. The van der Waals surface area contributed by atoms with Gasteiger partial charge in [-0.2, -0.15) is 17.4 Å². The second-order valence-electron chi connectivity index (χ2n) is 6.65. The topological polar surface area (TPSA) is 61.4 Å². The molecule has 0 bridgehead atoms. The third-order valence-electron chi connectivity index (χ3n) is 4.76. The Morgan fingerprint density at radius 1 is 0.950 bits per heavy atom. The number of nitrogens with zero attached hydrogens (tertiary/aromatic N) is 1. The smallest absolute Gasteiger partial charge is 0.279 e. The van der Waals surface area contributed by atoms with Crippen LogP contribution in [0.1, 0.15) is 51.4 Å². The molecule has 3 fully saturated rings. The summed E-state index contributed by atoms with van der Waals surface area (Å²) in [5, 5.41) is 3.53. The number of rotatable bonds is 6.